The van der Waals surface area contributed by atoms with Crippen LogP contribution >= 0.6 is 0 Å². The maximum Gasteiger partial charge on any atom is 0.248 e. The van der Waals surface area contributed by atoms with Crippen LogP contribution in [0.3, 0.4) is 0 Å². The number of hydrogen-bond donors (Lipinski definition) is 7. The molecule has 0 saturated carbocycles. The number of hydrogen-bond acceptors (Lipinski definition) is 8. The second-order valence-corrected chi connectivity index (χ2v) is 17.9. The minimum absolute atomic E-state index is 0.0317. The molecule has 0 aromatic rings. The predicted octanol–water partition coefficient (Wildman–Crippen LogP) is 3.74. The van der Waals surface area contributed by atoms with E-state index < -0.39 is 71.2 Å². The normalized spacial score (nSPS) is 16.4. The summed E-state index contributed by atoms with van der Waals surface area (Å²) in [4.78, 5) is 94.4. The first-order chi connectivity index (χ1) is 27.2. The molecule has 7 amide bonds. The van der Waals surface area contributed by atoms with Gasteiger partial charge in [0.25, 0.3) is 0 Å². The highest BCUT2D eigenvalue weighted by atomic mass is 16.3. The summed E-state index contributed by atoms with van der Waals surface area (Å²) in [5, 5.41) is 23.7. The molecule has 1 saturated heterocycles. The number of unbranched alkanes of at least 4 members (excludes halogenated alkanes) is 8. The van der Waals surface area contributed by atoms with Gasteiger partial charge in [-0.3, -0.25) is 33.6 Å². The third-order valence-electron chi connectivity index (χ3n) is 10.5. The highest BCUT2D eigenvalue weighted by Gasteiger charge is 2.42. The van der Waals surface area contributed by atoms with Crippen LogP contribution in [0, 0.1) is 17.8 Å². The third kappa shape index (κ3) is 19.8. The molecule has 15 nitrogen and oxygen atoms in total. The summed E-state index contributed by atoms with van der Waals surface area (Å²) >= 11 is 0. The maximum atomic E-state index is 13.9. The van der Waals surface area contributed by atoms with Crippen molar-refractivity contribution in [1.82, 2.24) is 31.5 Å². The predicted molar refractivity (Wildman–Crippen MR) is 226 cm³/mol. The number of primary amides is 1. The minimum Gasteiger partial charge on any atom is -0.394 e. The number of aliphatic hydroxyl groups is 1. The summed E-state index contributed by atoms with van der Waals surface area (Å²) in [6, 6.07) is -4.74. The maximum absolute atomic E-state index is 13.9. The summed E-state index contributed by atoms with van der Waals surface area (Å²) in [7, 11) is 0. The van der Waals surface area contributed by atoms with Crippen LogP contribution in [0.1, 0.15) is 165 Å². The lowest BCUT2D eigenvalue weighted by Crippen LogP contribution is -2.61. The molecule has 0 radical (unpaired) electrons. The van der Waals surface area contributed by atoms with Crippen molar-refractivity contribution in [2.45, 2.75) is 201 Å². The third-order valence-corrected chi connectivity index (χ3v) is 10.5. The van der Waals surface area contributed by atoms with E-state index in [4.69, 9.17) is 5.73 Å². The Bertz CT molecular complexity index is 1320. The fourth-order valence-electron chi connectivity index (χ4n) is 7.33. The SMILES string of the molecule is CCCCCCCCCCCC(=O)NC(C)(C)C(=O)N1CCC[C@H]1C(=O)NC(CC(C)C)C(=O)N[C@H](C(=O)NC(CCC(N)=O)C(=O)N[C@H](CO)CC(C)C)C(C)C. The quantitative estimate of drug-likeness (QED) is 0.0549. The molecule has 58 heavy (non-hydrogen) atoms. The zero-order chi connectivity index (χ0) is 44.0. The van der Waals surface area contributed by atoms with Gasteiger partial charge in [-0.05, 0) is 70.1 Å². The summed E-state index contributed by atoms with van der Waals surface area (Å²) in [6.07, 6.45) is 11.9. The monoisotopic (exact) mass is 822 g/mol. The molecule has 0 aliphatic carbocycles. The number of rotatable bonds is 29. The van der Waals surface area contributed by atoms with E-state index in [1.165, 1.54) is 37.0 Å². The fourth-order valence-corrected chi connectivity index (χ4v) is 7.33. The smallest absolute Gasteiger partial charge is 0.248 e. The molecule has 15 heteroatoms. The van der Waals surface area contributed by atoms with E-state index in [1.54, 1.807) is 27.7 Å². The Morgan fingerprint density at radius 1 is 0.724 bits per heavy atom. The van der Waals surface area contributed by atoms with Crippen LogP contribution in [-0.4, -0.2) is 100 Å². The number of nitrogens with one attached hydrogen (secondary N) is 5. The second kappa shape index (κ2) is 27.1. The van der Waals surface area contributed by atoms with Gasteiger partial charge in [0.2, 0.25) is 41.4 Å². The van der Waals surface area contributed by atoms with E-state index in [0.717, 1.165) is 25.7 Å². The first kappa shape index (κ1) is 52.3. The lowest BCUT2D eigenvalue weighted by Gasteiger charge is -2.34. The Morgan fingerprint density at radius 3 is 1.83 bits per heavy atom. The van der Waals surface area contributed by atoms with Gasteiger partial charge in [0.05, 0.1) is 12.6 Å². The molecule has 1 aliphatic heterocycles. The number of carbonyl (C=O) groups excluding carboxylic acids is 7. The summed E-state index contributed by atoms with van der Waals surface area (Å²) in [5.41, 5.74) is 4.10. The molecule has 1 aliphatic rings. The molecular weight excluding hydrogens is 743 g/mol. The van der Waals surface area contributed by atoms with Crippen molar-refractivity contribution in [3.63, 3.8) is 0 Å². The van der Waals surface area contributed by atoms with Crippen LogP contribution in [0.15, 0.2) is 0 Å². The van der Waals surface area contributed by atoms with E-state index in [-0.39, 0.29) is 49.5 Å². The summed E-state index contributed by atoms with van der Waals surface area (Å²) in [5.74, 6) is -3.91. The molecule has 1 rings (SSSR count). The average molecular weight is 822 g/mol. The standard InChI is InChI=1S/C43H79N7O8/c1-10-11-12-13-14-15-16-17-18-21-36(53)49-43(8,9)42(58)50-24-19-20-34(50)40(56)47-33(26-29(4)5)39(55)48-37(30(6)7)41(57)46-32(22-23-35(44)52)38(54)45-31(27-51)25-28(2)3/h28-34,37,51H,10-27H2,1-9H3,(H2,44,52)(H,45,54)(H,46,57)(H,47,56)(H,48,55)(H,49,53)/t31-,32?,33?,34-,37-/m0/s1. The zero-order valence-electron chi connectivity index (χ0n) is 37.2. The van der Waals surface area contributed by atoms with Crippen molar-refractivity contribution in [2.75, 3.05) is 13.2 Å². The molecule has 1 fully saturated rings. The Kier molecular flexibility index (Phi) is 24.4. The molecular formula is C43H79N7O8. The van der Waals surface area contributed by atoms with Crippen LogP contribution in [0.2, 0.25) is 0 Å². The van der Waals surface area contributed by atoms with Gasteiger partial charge >= 0.3 is 0 Å². The average Bonchev–Trinajstić information content (AvgIpc) is 3.63. The Morgan fingerprint density at radius 2 is 1.29 bits per heavy atom. The van der Waals surface area contributed by atoms with Crippen molar-refractivity contribution in [3.8, 4) is 0 Å². The molecule has 5 atom stereocenters. The van der Waals surface area contributed by atoms with Crippen molar-refractivity contribution >= 4 is 41.4 Å². The number of aliphatic hydroxyl groups excluding tert-OH is 1. The van der Waals surface area contributed by atoms with E-state index in [1.807, 2.05) is 27.7 Å². The number of nitrogens with zero attached hydrogens (tertiary/aromatic N) is 1. The van der Waals surface area contributed by atoms with Gasteiger partial charge in [0, 0.05) is 19.4 Å². The summed E-state index contributed by atoms with van der Waals surface area (Å²) in [6.45, 7) is 16.6. The Hall–Kier alpha value is -3.75. The van der Waals surface area contributed by atoms with Crippen LogP contribution in [0.25, 0.3) is 0 Å². The zero-order valence-corrected chi connectivity index (χ0v) is 37.2. The van der Waals surface area contributed by atoms with Crippen molar-refractivity contribution in [1.29, 1.82) is 0 Å². The van der Waals surface area contributed by atoms with Crippen LogP contribution < -0.4 is 32.3 Å². The highest BCUT2D eigenvalue weighted by molar-refractivity contribution is 5.97. The molecule has 2 unspecified atom stereocenters. The van der Waals surface area contributed by atoms with Crippen LogP contribution in [-0.2, 0) is 33.6 Å². The van der Waals surface area contributed by atoms with Crippen molar-refractivity contribution in [3.05, 3.63) is 0 Å². The molecule has 8 N–H and O–H groups in total. The van der Waals surface area contributed by atoms with Gasteiger partial charge in [-0.25, -0.2) is 0 Å². The fraction of sp³-hybridized carbons (Fsp3) is 0.837. The van der Waals surface area contributed by atoms with E-state index in [2.05, 4.69) is 33.5 Å². The Balaban J connectivity index is 2.99. The van der Waals surface area contributed by atoms with E-state index in [9.17, 15) is 38.7 Å². The van der Waals surface area contributed by atoms with Crippen LogP contribution in [0.4, 0.5) is 0 Å². The molecule has 1 heterocycles. The first-order valence-electron chi connectivity index (χ1n) is 22.0. The highest BCUT2D eigenvalue weighted by Crippen LogP contribution is 2.23. The number of carbonyl (C=O) groups is 7. The first-order valence-corrected chi connectivity index (χ1v) is 22.0. The minimum atomic E-state index is -1.24. The molecule has 0 bridgehead atoms. The number of amides is 7. The van der Waals surface area contributed by atoms with Gasteiger partial charge in [0.15, 0.2) is 0 Å². The van der Waals surface area contributed by atoms with E-state index in [0.29, 0.717) is 32.2 Å². The van der Waals surface area contributed by atoms with Gasteiger partial charge in [0.1, 0.15) is 29.7 Å². The van der Waals surface area contributed by atoms with E-state index >= 15 is 0 Å². The summed E-state index contributed by atoms with van der Waals surface area (Å²) < 4.78 is 0. The second-order valence-electron chi connectivity index (χ2n) is 17.9. The molecule has 0 aromatic carbocycles. The van der Waals surface area contributed by atoms with Crippen molar-refractivity contribution < 1.29 is 38.7 Å². The van der Waals surface area contributed by atoms with Crippen LogP contribution in [0.5, 0.6) is 0 Å². The van der Waals surface area contributed by atoms with Gasteiger partial charge in [-0.1, -0.05) is 99.8 Å². The Labute approximate surface area is 348 Å². The largest absolute Gasteiger partial charge is 0.394 e. The lowest BCUT2D eigenvalue weighted by atomic mass is 9.98. The van der Waals surface area contributed by atoms with Gasteiger partial charge < -0.3 is 42.3 Å². The van der Waals surface area contributed by atoms with Gasteiger partial charge in [-0.15, -0.1) is 0 Å². The molecule has 0 aromatic heterocycles. The van der Waals surface area contributed by atoms with Gasteiger partial charge in [-0.2, -0.15) is 0 Å². The molecule has 0 spiro atoms. The number of likely N-dealkylation sites (tertiary alicyclic amines) is 1. The topological polar surface area (TPSA) is 229 Å². The van der Waals surface area contributed by atoms with Crippen molar-refractivity contribution in [2.24, 2.45) is 23.5 Å². The number of nitrogens with two attached hydrogens (primary N) is 1. The molecule has 334 valence electrons. The lowest BCUT2D eigenvalue weighted by molar-refractivity contribution is -0.145.